The number of esters is 1. The van der Waals surface area contributed by atoms with Crippen molar-refractivity contribution >= 4 is 11.9 Å². The largest absolute Gasteiger partial charge is 0.481 e. The van der Waals surface area contributed by atoms with Crippen molar-refractivity contribution in [3.8, 4) is 0 Å². The molecule has 1 saturated heterocycles. The summed E-state index contributed by atoms with van der Waals surface area (Å²) in [6, 6.07) is 9.62. The maximum Gasteiger partial charge on any atom is 0.321 e. The molecule has 0 amide bonds. The van der Waals surface area contributed by atoms with Crippen molar-refractivity contribution < 1.29 is 19.4 Å². The number of carbonyl (C=O) groups excluding carboxylic acids is 1. The summed E-state index contributed by atoms with van der Waals surface area (Å²) in [5, 5.41) is 9.28. The zero-order chi connectivity index (χ0) is 13.6. The first-order valence-corrected chi connectivity index (χ1v) is 6.23. The minimum absolute atomic E-state index is 0.0984. The van der Waals surface area contributed by atoms with Crippen LogP contribution in [0.15, 0.2) is 42.5 Å². The second-order valence-electron chi connectivity index (χ2n) is 5.24. The van der Waals surface area contributed by atoms with E-state index in [0.717, 1.165) is 5.56 Å². The van der Waals surface area contributed by atoms with E-state index in [-0.39, 0.29) is 11.8 Å². The van der Waals surface area contributed by atoms with Gasteiger partial charge in [-0.3, -0.25) is 9.59 Å². The fraction of sp³-hybridized carbons (Fsp3) is 0.333. The number of fused-ring (bicyclic) bond motifs is 1. The number of allylic oxidation sites excluding steroid dienone is 1. The van der Waals surface area contributed by atoms with Gasteiger partial charge in [0.1, 0.15) is 5.60 Å². The maximum absolute atomic E-state index is 11.8. The molecule has 0 saturated carbocycles. The quantitative estimate of drug-likeness (QED) is 0.500. The summed E-state index contributed by atoms with van der Waals surface area (Å²) in [7, 11) is 0. The topological polar surface area (TPSA) is 63.6 Å². The lowest BCUT2D eigenvalue weighted by Gasteiger charge is -2.26. The Balaban J connectivity index is 2.04. The minimum Gasteiger partial charge on any atom is -0.481 e. The molecule has 1 heterocycles. The first-order chi connectivity index (χ1) is 9.03. The van der Waals surface area contributed by atoms with Gasteiger partial charge in [-0.25, -0.2) is 0 Å². The van der Waals surface area contributed by atoms with Crippen LogP contribution in [-0.4, -0.2) is 22.6 Å². The van der Waals surface area contributed by atoms with E-state index < -0.39 is 23.5 Å². The van der Waals surface area contributed by atoms with Crippen LogP contribution in [0.4, 0.5) is 0 Å². The Kier molecular flexibility index (Phi) is 2.49. The number of hydrogen-bond acceptors (Lipinski definition) is 3. The van der Waals surface area contributed by atoms with E-state index in [1.807, 2.05) is 42.5 Å². The standard InChI is InChI=1S/C15H14O4/c1-15-8-7-10(9-5-3-2-4-6-9)12(15)11(13(16)17)14(18)19-15/h2-8,10-12H,1H3,(H,16,17)/t10-,11-,12+,15+/m1/s1. The van der Waals surface area contributed by atoms with Gasteiger partial charge in [0.25, 0.3) is 0 Å². The van der Waals surface area contributed by atoms with Crippen molar-refractivity contribution in [3.05, 3.63) is 48.0 Å². The molecule has 4 heteroatoms. The summed E-state index contributed by atoms with van der Waals surface area (Å²) in [4.78, 5) is 23.1. The summed E-state index contributed by atoms with van der Waals surface area (Å²) in [5.74, 6) is -3.31. The Hall–Kier alpha value is -2.10. The van der Waals surface area contributed by atoms with Gasteiger partial charge in [0.05, 0.1) is 0 Å². The predicted octanol–water partition coefficient (Wildman–Crippen LogP) is 1.97. The molecule has 1 aliphatic heterocycles. The van der Waals surface area contributed by atoms with Crippen LogP contribution in [-0.2, 0) is 14.3 Å². The van der Waals surface area contributed by atoms with Gasteiger partial charge in [0.2, 0.25) is 0 Å². The lowest BCUT2D eigenvalue weighted by molar-refractivity contribution is -0.154. The number of aliphatic carboxylic acids is 1. The molecule has 19 heavy (non-hydrogen) atoms. The average Bonchev–Trinajstić information content (AvgIpc) is 2.80. The highest BCUT2D eigenvalue weighted by Crippen LogP contribution is 2.51. The number of carbonyl (C=O) groups is 2. The Bertz CT molecular complexity index is 563. The second kappa shape index (κ2) is 3.95. The van der Waals surface area contributed by atoms with Gasteiger partial charge < -0.3 is 9.84 Å². The van der Waals surface area contributed by atoms with E-state index in [0.29, 0.717) is 0 Å². The van der Waals surface area contributed by atoms with Crippen molar-refractivity contribution in [2.75, 3.05) is 0 Å². The average molecular weight is 258 g/mol. The van der Waals surface area contributed by atoms with E-state index in [1.54, 1.807) is 6.92 Å². The highest BCUT2D eigenvalue weighted by atomic mass is 16.6. The highest BCUT2D eigenvalue weighted by Gasteiger charge is 2.59. The molecule has 0 unspecified atom stereocenters. The molecule has 98 valence electrons. The number of carboxylic acid groups (broad SMARTS) is 1. The van der Waals surface area contributed by atoms with Crippen molar-refractivity contribution in [1.29, 1.82) is 0 Å². The molecule has 0 aromatic heterocycles. The second-order valence-corrected chi connectivity index (χ2v) is 5.24. The molecular weight excluding hydrogens is 244 g/mol. The lowest BCUT2D eigenvalue weighted by Crippen LogP contribution is -2.34. The van der Waals surface area contributed by atoms with Crippen molar-refractivity contribution in [2.45, 2.75) is 18.4 Å². The number of rotatable bonds is 2. The number of ether oxygens (including phenoxy) is 1. The Morgan fingerprint density at radius 2 is 2.00 bits per heavy atom. The molecule has 0 radical (unpaired) electrons. The first-order valence-electron chi connectivity index (χ1n) is 6.23. The van der Waals surface area contributed by atoms with Gasteiger partial charge in [0, 0.05) is 11.8 Å². The Morgan fingerprint density at radius 3 is 2.63 bits per heavy atom. The van der Waals surface area contributed by atoms with Crippen LogP contribution >= 0.6 is 0 Å². The van der Waals surface area contributed by atoms with Crippen LogP contribution in [0.2, 0.25) is 0 Å². The number of hydrogen-bond donors (Lipinski definition) is 1. The summed E-state index contributed by atoms with van der Waals surface area (Å²) >= 11 is 0. The SMILES string of the molecule is C[C@]12C=C[C@H](c3ccccc3)[C@H]1[C@H](C(=O)O)C(=O)O2. The van der Waals surface area contributed by atoms with Crippen LogP contribution in [0, 0.1) is 11.8 Å². The fourth-order valence-electron chi connectivity index (χ4n) is 3.20. The number of benzene rings is 1. The Morgan fingerprint density at radius 1 is 1.32 bits per heavy atom. The van der Waals surface area contributed by atoms with Crippen molar-refractivity contribution in [1.82, 2.24) is 0 Å². The van der Waals surface area contributed by atoms with Crippen LogP contribution in [0.3, 0.4) is 0 Å². The van der Waals surface area contributed by atoms with Gasteiger partial charge in [-0.15, -0.1) is 0 Å². The molecule has 3 rings (SSSR count). The first kappa shape index (κ1) is 12.0. The minimum atomic E-state index is -1.11. The molecule has 1 aromatic carbocycles. The fourth-order valence-corrected chi connectivity index (χ4v) is 3.20. The van der Waals surface area contributed by atoms with Crippen molar-refractivity contribution in [3.63, 3.8) is 0 Å². The molecule has 4 atom stereocenters. The molecule has 2 aliphatic rings. The van der Waals surface area contributed by atoms with E-state index in [4.69, 9.17) is 4.74 Å². The predicted molar refractivity (Wildman–Crippen MR) is 67.4 cm³/mol. The maximum atomic E-state index is 11.8. The zero-order valence-electron chi connectivity index (χ0n) is 10.4. The molecule has 1 N–H and O–H groups in total. The van der Waals surface area contributed by atoms with Crippen LogP contribution in [0.1, 0.15) is 18.4 Å². The number of carboxylic acids is 1. The van der Waals surface area contributed by atoms with E-state index in [9.17, 15) is 14.7 Å². The van der Waals surface area contributed by atoms with Crippen LogP contribution in [0.5, 0.6) is 0 Å². The highest BCUT2D eigenvalue weighted by molar-refractivity contribution is 5.97. The van der Waals surface area contributed by atoms with E-state index in [1.165, 1.54) is 0 Å². The smallest absolute Gasteiger partial charge is 0.321 e. The molecule has 1 aromatic rings. The van der Waals surface area contributed by atoms with E-state index in [2.05, 4.69) is 0 Å². The van der Waals surface area contributed by atoms with Crippen LogP contribution < -0.4 is 0 Å². The molecular formula is C15H14O4. The van der Waals surface area contributed by atoms with Crippen molar-refractivity contribution in [2.24, 2.45) is 11.8 Å². The van der Waals surface area contributed by atoms with Gasteiger partial charge in [0.15, 0.2) is 5.92 Å². The Labute approximate surface area is 110 Å². The summed E-state index contributed by atoms with van der Waals surface area (Å²) in [6.45, 7) is 1.78. The van der Waals surface area contributed by atoms with Crippen LogP contribution in [0.25, 0.3) is 0 Å². The lowest BCUT2D eigenvalue weighted by atomic mass is 9.76. The third-order valence-corrected chi connectivity index (χ3v) is 4.07. The normalized spacial score (nSPS) is 36.1. The molecule has 1 aliphatic carbocycles. The van der Waals surface area contributed by atoms with Gasteiger partial charge in [-0.2, -0.15) is 0 Å². The van der Waals surface area contributed by atoms with Gasteiger partial charge in [-0.05, 0) is 18.6 Å². The molecule has 0 spiro atoms. The third-order valence-electron chi connectivity index (χ3n) is 4.07. The summed E-state index contributed by atoms with van der Waals surface area (Å²) in [5.41, 5.74) is 0.206. The molecule has 0 bridgehead atoms. The zero-order valence-corrected chi connectivity index (χ0v) is 10.4. The summed E-state index contributed by atoms with van der Waals surface area (Å²) < 4.78 is 5.29. The summed E-state index contributed by atoms with van der Waals surface area (Å²) in [6.07, 6.45) is 3.76. The molecule has 1 fully saturated rings. The van der Waals surface area contributed by atoms with E-state index >= 15 is 0 Å². The van der Waals surface area contributed by atoms with Gasteiger partial charge in [-0.1, -0.05) is 36.4 Å². The van der Waals surface area contributed by atoms with Gasteiger partial charge >= 0.3 is 11.9 Å². The molecule has 4 nitrogen and oxygen atoms in total. The monoisotopic (exact) mass is 258 g/mol. The third kappa shape index (κ3) is 1.67.